The average Bonchev–Trinajstić information content (AvgIpc) is 3.37. The zero-order chi connectivity index (χ0) is 27.4. The number of hydrogen-bond donors (Lipinski definition) is 1. The zero-order valence-electron chi connectivity index (χ0n) is 23.0. The second-order valence-corrected chi connectivity index (χ2v) is 10.6. The molecule has 2 aromatic heterocycles. The first kappa shape index (κ1) is 27.7. The van der Waals surface area contributed by atoms with Crippen LogP contribution in [0, 0.1) is 5.92 Å². The van der Waals surface area contributed by atoms with Crippen LogP contribution in [-0.4, -0.2) is 90.1 Å². The lowest BCUT2D eigenvalue weighted by Crippen LogP contribution is -2.43. The molecule has 1 N–H and O–H groups in total. The smallest absolute Gasteiger partial charge is 0.296 e. The van der Waals surface area contributed by atoms with Crippen LogP contribution >= 0.6 is 0 Å². The molecule has 1 aliphatic carbocycles. The van der Waals surface area contributed by atoms with Gasteiger partial charge in [-0.25, -0.2) is 13.8 Å². The van der Waals surface area contributed by atoms with Crippen molar-refractivity contribution in [3.63, 3.8) is 0 Å². The summed E-state index contributed by atoms with van der Waals surface area (Å²) in [4.78, 5) is 18.3. The predicted molar refractivity (Wildman–Crippen MR) is 148 cm³/mol. The third kappa shape index (κ3) is 6.31. The molecule has 0 bridgehead atoms. The Hall–Kier alpha value is -2.89. The van der Waals surface area contributed by atoms with Crippen LogP contribution in [-0.2, 0) is 9.47 Å². The van der Waals surface area contributed by atoms with Gasteiger partial charge in [-0.05, 0) is 57.7 Å². The highest BCUT2D eigenvalue weighted by molar-refractivity contribution is 5.78. The number of imidazole rings is 1. The van der Waals surface area contributed by atoms with Crippen LogP contribution in [0.4, 0.5) is 20.5 Å². The summed E-state index contributed by atoms with van der Waals surface area (Å²) in [7, 11) is 3.94. The fourth-order valence-electron chi connectivity index (χ4n) is 5.71. The molecule has 5 rings (SSSR count). The SMILES string of the molecule is COCC(C)N(C)[C@H]1CC[C@H](CNc2nc(N3CCOCC3)cc(-n3c(C(F)F)nc4ccccc43)n2)CC1. The predicted octanol–water partition coefficient (Wildman–Crippen LogP) is 4.53. The largest absolute Gasteiger partial charge is 0.383 e. The third-order valence-electron chi connectivity index (χ3n) is 8.09. The molecular weight excluding hydrogens is 504 g/mol. The van der Waals surface area contributed by atoms with Crippen molar-refractivity contribution < 1.29 is 18.3 Å². The van der Waals surface area contributed by atoms with Crippen LogP contribution in [0.5, 0.6) is 0 Å². The fourth-order valence-corrected chi connectivity index (χ4v) is 5.71. The van der Waals surface area contributed by atoms with Gasteiger partial charge in [-0.3, -0.25) is 9.47 Å². The topological polar surface area (TPSA) is 80.6 Å². The van der Waals surface area contributed by atoms with Crippen LogP contribution in [0.2, 0.25) is 0 Å². The van der Waals surface area contributed by atoms with E-state index in [1.165, 1.54) is 4.57 Å². The van der Waals surface area contributed by atoms with Gasteiger partial charge in [-0.15, -0.1) is 0 Å². The number of fused-ring (bicyclic) bond motifs is 1. The Kier molecular flexibility index (Phi) is 8.89. The number of likely N-dealkylation sites (N-methyl/N-ethyl adjacent to an activating group) is 1. The first-order chi connectivity index (χ1) is 18.9. The third-order valence-corrected chi connectivity index (χ3v) is 8.09. The minimum Gasteiger partial charge on any atom is -0.383 e. The van der Waals surface area contributed by atoms with Gasteiger partial charge in [0.2, 0.25) is 5.95 Å². The Labute approximate surface area is 228 Å². The van der Waals surface area contributed by atoms with Gasteiger partial charge < -0.3 is 19.7 Å². The van der Waals surface area contributed by atoms with Gasteiger partial charge in [0.1, 0.15) is 11.6 Å². The molecule has 1 unspecified atom stereocenters. The van der Waals surface area contributed by atoms with Crippen LogP contribution < -0.4 is 10.2 Å². The van der Waals surface area contributed by atoms with Gasteiger partial charge >= 0.3 is 0 Å². The lowest BCUT2D eigenvalue weighted by molar-refractivity contribution is 0.0696. The quantitative estimate of drug-likeness (QED) is 0.400. The Morgan fingerprint density at radius 2 is 1.79 bits per heavy atom. The molecule has 1 aliphatic heterocycles. The monoisotopic (exact) mass is 543 g/mol. The number of para-hydroxylation sites is 2. The number of aromatic nitrogens is 4. The van der Waals surface area contributed by atoms with E-state index in [4.69, 9.17) is 19.4 Å². The van der Waals surface area contributed by atoms with E-state index in [1.807, 2.05) is 6.07 Å². The second kappa shape index (κ2) is 12.5. The molecule has 1 aromatic carbocycles. The number of ether oxygens (including phenoxy) is 2. The molecule has 2 fully saturated rings. The lowest BCUT2D eigenvalue weighted by atomic mass is 9.85. The van der Waals surface area contributed by atoms with Gasteiger partial charge in [0.05, 0.1) is 30.9 Å². The summed E-state index contributed by atoms with van der Waals surface area (Å²) >= 11 is 0. The molecule has 39 heavy (non-hydrogen) atoms. The number of benzene rings is 1. The Morgan fingerprint density at radius 3 is 2.51 bits per heavy atom. The maximum atomic E-state index is 14.1. The number of methoxy groups -OCH3 is 1. The standard InChI is InChI=1S/C28H39F2N7O2/c1-19(18-38-3)35(2)21-10-8-20(9-11-21)17-31-28-33-24(36-12-14-39-15-13-36)16-25(34-28)37-23-7-5-4-6-22(23)32-27(37)26(29)30/h4-7,16,19-21,26H,8-15,17-18H2,1-3H3,(H,31,33,34)/t19?,20-,21-. The van der Waals surface area contributed by atoms with Gasteiger partial charge in [0.15, 0.2) is 5.82 Å². The van der Waals surface area contributed by atoms with E-state index < -0.39 is 6.43 Å². The van der Waals surface area contributed by atoms with Crippen molar-refractivity contribution in [3.05, 3.63) is 36.2 Å². The van der Waals surface area contributed by atoms with E-state index >= 15 is 0 Å². The molecular formula is C28H39F2N7O2. The Bertz CT molecular complexity index is 1230. The molecule has 3 heterocycles. The number of anilines is 2. The molecule has 1 atom stereocenters. The van der Waals surface area contributed by atoms with Crippen molar-refractivity contribution in [2.45, 2.75) is 51.1 Å². The maximum absolute atomic E-state index is 14.1. The number of morpholine rings is 1. The van der Waals surface area contributed by atoms with E-state index in [2.05, 4.69) is 34.1 Å². The van der Waals surface area contributed by atoms with Crippen LogP contribution in [0.1, 0.15) is 44.9 Å². The van der Waals surface area contributed by atoms with Crippen molar-refractivity contribution in [3.8, 4) is 5.82 Å². The number of nitrogens with one attached hydrogen (secondary N) is 1. The number of rotatable bonds is 10. The molecule has 3 aromatic rings. The summed E-state index contributed by atoms with van der Waals surface area (Å²) in [5.41, 5.74) is 1.10. The number of halogens is 2. The minimum absolute atomic E-state index is 0.320. The van der Waals surface area contributed by atoms with Gasteiger partial charge in [0, 0.05) is 44.9 Å². The van der Waals surface area contributed by atoms with E-state index in [-0.39, 0.29) is 5.82 Å². The highest BCUT2D eigenvalue weighted by Crippen LogP contribution is 2.31. The maximum Gasteiger partial charge on any atom is 0.296 e. The summed E-state index contributed by atoms with van der Waals surface area (Å²) in [6.07, 6.45) is 1.75. The number of alkyl halides is 2. The molecule has 0 radical (unpaired) electrons. The van der Waals surface area contributed by atoms with Crippen molar-refractivity contribution in [1.29, 1.82) is 0 Å². The molecule has 212 valence electrons. The summed E-state index contributed by atoms with van der Waals surface area (Å²) < 4.78 is 40.5. The minimum atomic E-state index is -2.74. The molecule has 9 nitrogen and oxygen atoms in total. The molecule has 2 aliphatic rings. The van der Waals surface area contributed by atoms with Crippen LogP contribution in [0.15, 0.2) is 30.3 Å². The van der Waals surface area contributed by atoms with Gasteiger partial charge in [0.25, 0.3) is 6.43 Å². The molecule has 11 heteroatoms. The van der Waals surface area contributed by atoms with E-state index in [0.29, 0.717) is 72.9 Å². The second-order valence-electron chi connectivity index (χ2n) is 10.6. The summed E-state index contributed by atoms with van der Waals surface area (Å²) in [6.45, 7) is 6.23. The summed E-state index contributed by atoms with van der Waals surface area (Å²) in [5, 5.41) is 3.45. The highest BCUT2D eigenvalue weighted by atomic mass is 19.3. The van der Waals surface area contributed by atoms with E-state index in [9.17, 15) is 8.78 Å². The van der Waals surface area contributed by atoms with Crippen molar-refractivity contribution in [1.82, 2.24) is 24.4 Å². The van der Waals surface area contributed by atoms with Crippen molar-refractivity contribution >= 4 is 22.8 Å². The van der Waals surface area contributed by atoms with Crippen LogP contribution in [0.3, 0.4) is 0 Å². The molecule has 0 amide bonds. The normalized spacial score (nSPS) is 21.2. The van der Waals surface area contributed by atoms with Crippen molar-refractivity contribution in [2.24, 2.45) is 5.92 Å². The summed E-state index contributed by atoms with van der Waals surface area (Å²) in [5.74, 6) is 1.70. The first-order valence-corrected chi connectivity index (χ1v) is 13.9. The zero-order valence-corrected chi connectivity index (χ0v) is 23.0. The molecule has 0 spiro atoms. The lowest BCUT2D eigenvalue weighted by Gasteiger charge is -2.37. The average molecular weight is 544 g/mol. The first-order valence-electron chi connectivity index (χ1n) is 13.9. The highest BCUT2D eigenvalue weighted by Gasteiger charge is 2.27. The van der Waals surface area contributed by atoms with Crippen LogP contribution in [0.25, 0.3) is 16.9 Å². The summed E-state index contributed by atoms with van der Waals surface area (Å²) in [6, 6.07) is 9.88. The van der Waals surface area contributed by atoms with Gasteiger partial charge in [-0.1, -0.05) is 12.1 Å². The Balaban J connectivity index is 1.36. The van der Waals surface area contributed by atoms with Gasteiger partial charge in [-0.2, -0.15) is 9.97 Å². The number of nitrogens with zero attached hydrogens (tertiary/aromatic N) is 6. The van der Waals surface area contributed by atoms with E-state index in [0.717, 1.165) is 38.8 Å². The fraction of sp³-hybridized carbons (Fsp3) is 0.607. The molecule has 1 saturated carbocycles. The van der Waals surface area contributed by atoms with E-state index in [1.54, 1.807) is 31.4 Å². The van der Waals surface area contributed by atoms with Crippen molar-refractivity contribution in [2.75, 3.05) is 63.8 Å². The Morgan fingerprint density at radius 1 is 1.08 bits per heavy atom. The molecule has 1 saturated heterocycles. The number of hydrogen-bond acceptors (Lipinski definition) is 8.